The summed E-state index contributed by atoms with van der Waals surface area (Å²) in [4.78, 5) is 13.8. The molecule has 2 amide bonds. The van der Waals surface area contributed by atoms with Crippen LogP contribution in [0.1, 0.15) is 30.5 Å². The Bertz CT molecular complexity index is 637. The van der Waals surface area contributed by atoms with Gasteiger partial charge in [0.2, 0.25) is 0 Å². The van der Waals surface area contributed by atoms with E-state index in [9.17, 15) is 4.79 Å². The average molecular weight is 335 g/mol. The first-order valence-electron chi connectivity index (χ1n) is 6.45. The molecule has 0 aliphatic carbocycles. The van der Waals surface area contributed by atoms with E-state index in [0.29, 0.717) is 6.42 Å². The zero-order chi connectivity index (χ0) is 14.5. The molecule has 0 spiro atoms. The fraction of sp³-hybridized carbons (Fsp3) is 0.400. The summed E-state index contributed by atoms with van der Waals surface area (Å²) in [6.07, 6.45) is 6.04. The molecule has 2 aliphatic rings. The molecule has 0 radical (unpaired) electrons. The molecular formula is C15H15BrN2O2. The van der Waals surface area contributed by atoms with E-state index in [1.807, 2.05) is 26.0 Å². The van der Waals surface area contributed by atoms with Gasteiger partial charge in [0.15, 0.2) is 5.72 Å². The monoisotopic (exact) mass is 334 g/mol. The summed E-state index contributed by atoms with van der Waals surface area (Å²) in [5.41, 5.74) is 1.37. The lowest BCUT2D eigenvalue weighted by Crippen LogP contribution is -2.64. The molecule has 1 N–H and O–H groups in total. The Balaban J connectivity index is 2.11. The number of ether oxygens (including phenoxy) is 1. The second kappa shape index (κ2) is 4.42. The molecule has 3 rings (SSSR count). The van der Waals surface area contributed by atoms with Crippen molar-refractivity contribution in [1.82, 2.24) is 10.2 Å². The fourth-order valence-corrected chi connectivity index (χ4v) is 3.56. The Morgan fingerprint density at radius 3 is 3.10 bits per heavy atom. The lowest BCUT2D eigenvalue weighted by molar-refractivity contribution is -0.0784. The Hall–Kier alpha value is -1.67. The number of rotatable bonds is 1. The molecule has 104 valence electrons. The molecule has 2 heterocycles. The van der Waals surface area contributed by atoms with Gasteiger partial charge in [-0.3, -0.25) is 4.90 Å². The van der Waals surface area contributed by atoms with Crippen LogP contribution in [0.4, 0.5) is 4.79 Å². The number of carbonyl (C=O) groups excluding carboxylic acids is 1. The molecule has 1 aromatic carbocycles. The number of urea groups is 1. The molecular weight excluding hydrogens is 320 g/mol. The third-order valence-corrected chi connectivity index (χ3v) is 4.37. The van der Waals surface area contributed by atoms with Crippen LogP contribution in [0.3, 0.4) is 0 Å². The number of benzene rings is 1. The first kappa shape index (κ1) is 13.3. The summed E-state index contributed by atoms with van der Waals surface area (Å²) >= 11 is 3.49. The number of nitrogens with one attached hydrogen (secondary N) is 1. The minimum atomic E-state index is -0.690. The number of hydrogen-bond acceptors (Lipinski definition) is 2. The van der Waals surface area contributed by atoms with Gasteiger partial charge >= 0.3 is 6.03 Å². The number of amides is 2. The van der Waals surface area contributed by atoms with Gasteiger partial charge in [0, 0.05) is 16.5 Å². The highest BCUT2D eigenvalue weighted by Gasteiger charge is 2.49. The summed E-state index contributed by atoms with van der Waals surface area (Å²) in [7, 11) is 0. The molecule has 2 unspecified atom stereocenters. The Morgan fingerprint density at radius 2 is 2.40 bits per heavy atom. The van der Waals surface area contributed by atoms with Gasteiger partial charge in [0.05, 0.1) is 12.6 Å². The number of aryl methyl sites for hydroxylation is 1. The van der Waals surface area contributed by atoms with Crippen LogP contribution < -0.4 is 10.1 Å². The number of nitrogens with zero attached hydrogens (tertiary/aromatic N) is 1. The normalized spacial score (nSPS) is 27.2. The zero-order valence-corrected chi connectivity index (χ0v) is 13.0. The highest BCUT2D eigenvalue weighted by atomic mass is 79.9. The van der Waals surface area contributed by atoms with Gasteiger partial charge in [-0.25, -0.2) is 4.79 Å². The number of terminal acetylenes is 1. The van der Waals surface area contributed by atoms with Crippen LogP contribution >= 0.6 is 15.9 Å². The smallest absolute Gasteiger partial charge is 0.321 e. The van der Waals surface area contributed by atoms with Crippen molar-refractivity contribution in [2.75, 3.05) is 6.54 Å². The molecule has 0 saturated carbocycles. The molecule has 1 fully saturated rings. The summed E-state index contributed by atoms with van der Waals surface area (Å²) in [5.74, 6) is 3.36. The van der Waals surface area contributed by atoms with Gasteiger partial charge in [0.25, 0.3) is 0 Å². The molecule has 2 atom stereocenters. The molecule has 1 aromatic rings. The van der Waals surface area contributed by atoms with E-state index < -0.39 is 5.72 Å². The molecule has 0 aromatic heterocycles. The number of carbonyl (C=O) groups is 1. The van der Waals surface area contributed by atoms with E-state index in [2.05, 4.69) is 27.2 Å². The molecule has 4 nitrogen and oxygen atoms in total. The van der Waals surface area contributed by atoms with Crippen molar-refractivity contribution < 1.29 is 9.53 Å². The largest absolute Gasteiger partial charge is 0.467 e. The number of halogens is 1. The summed E-state index contributed by atoms with van der Waals surface area (Å²) in [5, 5.41) is 3.01. The van der Waals surface area contributed by atoms with E-state index >= 15 is 0 Å². The molecule has 2 bridgehead atoms. The van der Waals surface area contributed by atoms with E-state index in [-0.39, 0.29) is 18.6 Å². The van der Waals surface area contributed by atoms with Gasteiger partial charge < -0.3 is 10.1 Å². The van der Waals surface area contributed by atoms with E-state index in [4.69, 9.17) is 11.2 Å². The first-order chi connectivity index (χ1) is 9.44. The van der Waals surface area contributed by atoms with Gasteiger partial charge in [-0.1, -0.05) is 21.9 Å². The average Bonchev–Trinajstić information content (AvgIpc) is 2.36. The van der Waals surface area contributed by atoms with Crippen molar-refractivity contribution >= 4 is 22.0 Å². The maximum absolute atomic E-state index is 12.2. The van der Waals surface area contributed by atoms with Crippen molar-refractivity contribution in [3.05, 3.63) is 27.7 Å². The van der Waals surface area contributed by atoms with Crippen LogP contribution in [-0.2, 0) is 0 Å². The minimum absolute atomic E-state index is 0.0403. The van der Waals surface area contributed by atoms with Crippen molar-refractivity contribution in [2.24, 2.45) is 0 Å². The predicted octanol–water partition coefficient (Wildman–Crippen LogP) is 2.96. The van der Waals surface area contributed by atoms with Crippen molar-refractivity contribution in [3.8, 4) is 18.1 Å². The second-order valence-corrected chi connectivity index (χ2v) is 6.33. The highest BCUT2D eigenvalue weighted by Crippen LogP contribution is 2.46. The number of fused-ring (bicyclic) bond motifs is 4. The lowest BCUT2D eigenvalue weighted by Gasteiger charge is -2.50. The number of hydrogen-bond donors (Lipinski definition) is 1. The van der Waals surface area contributed by atoms with Crippen molar-refractivity contribution in [2.45, 2.75) is 32.0 Å². The predicted molar refractivity (Wildman–Crippen MR) is 79.3 cm³/mol. The lowest BCUT2D eigenvalue weighted by atomic mass is 9.89. The maximum atomic E-state index is 12.2. The Labute approximate surface area is 126 Å². The summed E-state index contributed by atoms with van der Waals surface area (Å²) < 4.78 is 7.15. The minimum Gasteiger partial charge on any atom is -0.467 e. The topological polar surface area (TPSA) is 41.6 Å². The second-order valence-electron chi connectivity index (χ2n) is 5.41. The van der Waals surface area contributed by atoms with E-state index in [1.165, 1.54) is 0 Å². The standard InChI is InChI=1S/C15H15BrN2O2/c1-4-5-18-14(19)17-12-8-15(18,3)20-13-9(2)6-10(16)7-11(12)13/h1,6-7,12H,5,8H2,2-3H3,(H,17,19). The summed E-state index contributed by atoms with van der Waals surface area (Å²) in [6, 6.07) is 3.80. The van der Waals surface area contributed by atoms with Crippen molar-refractivity contribution in [1.29, 1.82) is 0 Å². The van der Waals surface area contributed by atoms with Crippen LogP contribution in [0.2, 0.25) is 0 Å². The molecule has 2 aliphatic heterocycles. The van der Waals surface area contributed by atoms with Gasteiger partial charge in [-0.15, -0.1) is 6.42 Å². The first-order valence-corrected chi connectivity index (χ1v) is 7.24. The van der Waals surface area contributed by atoms with E-state index in [0.717, 1.165) is 21.3 Å². The van der Waals surface area contributed by atoms with Crippen LogP contribution in [0.25, 0.3) is 0 Å². The van der Waals surface area contributed by atoms with Crippen LogP contribution in [0.15, 0.2) is 16.6 Å². The van der Waals surface area contributed by atoms with Crippen molar-refractivity contribution in [3.63, 3.8) is 0 Å². The quantitative estimate of drug-likeness (QED) is 0.802. The van der Waals surface area contributed by atoms with E-state index in [1.54, 1.807) is 4.90 Å². The molecule has 20 heavy (non-hydrogen) atoms. The zero-order valence-electron chi connectivity index (χ0n) is 11.4. The van der Waals surface area contributed by atoms with Gasteiger partial charge in [0.1, 0.15) is 5.75 Å². The van der Waals surface area contributed by atoms with Crippen LogP contribution in [-0.4, -0.2) is 23.2 Å². The highest BCUT2D eigenvalue weighted by molar-refractivity contribution is 9.10. The summed E-state index contributed by atoms with van der Waals surface area (Å²) in [6.45, 7) is 4.15. The van der Waals surface area contributed by atoms with Crippen LogP contribution in [0, 0.1) is 19.3 Å². The third kappa shape index (κ3) is 1.87. The third-order valence-electron chi connectivity index (χ3n) is 3.91. The van der Waals surface area contributed by atoms with Gasteiger partial charge in [-0.05, 0) is 31.5 Å². The maximum Gasteiger partial charge on any atom is 0.321 e. The Kier molecular flexibility index (Phi) is 2.94. The van der Waals surface area contributed by atoms with Gasteiger partial charge in [-0.2, -0.15) is 0 Å². The SMILES string of the molecule is C#CCN1C(=O)NC2CC1(C)Oc1c(C)cc(Br)cc12. The Morgan fingerprint density at radius 1 is 1.65 bits per heavy atom. The molecule has 1 saturated heterocycles. The fourth-order valence-electron chi connectivity index (χ4n) is 2.97. The van der Waals surface area contributed by atoms with Crippen LogP contribution in [0.5, 0.6) is 5.75 Å². The molecule has 5 heteroatoms.